The van der Waals surface area contributed by atoms with Crippen molar-refractivity contribution in [2.45, 2.75) is 13.1 Å². The number of alkyl halides is 3. The summed E-state index contributed by atoms with van der Waals surface area (Å²) in [4.78, 5) is 1.01. The van der Waals surface area contributed by atoms with Crippen molar-refractivity contribution in [1.82, 2.24) is 0 Å². The summed E-state index contributed by atoms with van der Waals surface area (Å²) in [5, 5.41) is 0. The summed E-state index contributed by atoms with van der Waals surface area (Å²) in [7, 11) is 1.23. The third-order valence-corrected chi connectivity index (χ3v) is 2.39. The van der Waals surface area contributed by atoms with Gasteiger partial charge in [0, 0.05) is 18.7 Å². The van der Waals surface area contributed by atoms with Gasteiger partial charge >= 0.3 is 6.18 Å². The Morgan fingerprint density at radius 2 is 1.94 bits per heavy atom. The van der Waals surface area contributed by atoms with Crippen LogP contribution in [0, 0.1) is 5.82 Å². The fourth-order valence-electron chi connectivity index (χ4n) is 1.57. The van der Waals surface area contributed by atoms with Gasteiger partial charge in [-0.2, -0.15) is 13.2 Å². The second-order valence-electron chi connectivity index (χ2n) is 3.67. The molecule has 1 aromatic carbocycles. The fraction of sp³-hybridized carbons (Fsp3) is 0.455. The smallest absolute Gasteiger partial charge is 0.405 e. The van der Waals surface area contributed by atoms with Crippen LogP contribution in [0.25, 0.3) is 0 Å². The molecule has 1 aromatic rings. The number of nitrogens with two attached hydrogens (primary N) is 1. The van der Waals surface area contributed by atoms with Crippen LogP contribution in [0.15, 0.2) is 12.1 Å². The van der Waals surface area contributed by atoms with Gasteiger partial charge < -0.3 is 15.4 Å². The third-order valence-electron chi connectivity index (χ3n) is 2.39. The van der Waals surface area contributed by atoms with Crippen LogP contribution >= 0.6 is 0 Å². The lowest BCUT2D eigenvalue weighted by molar-refractivity contribution is -0.119. The van der Waals surface area contributed by atoms with E-state index in [1.807, 2.05) is 0 Å². The molecule has 0 saturated heterocycles. The Bertz CT molecular complexity index is 420. The van der Waals surface area contributed by atoms with Crippen LogP contribution in [0.4, 0.5) is 28.9 Å². The summed E-state index contributed by atoms with van der Waals surface area (Å²) in [5.41, 5.74) is 5.58. The normalized spacial score (nSPS) is 11.4. The molecule has 18 heavy (non-hydrogen) atoms. The molecule has 0 radical (unpaired) electrons. The van der Waals surface area contributed by atoms with Crippen LogP contribution < -0.4 is 15.4 Å². The molecule has 102 valence electrons. The minimum absolute atomic E-state index is 0.0561. The fourth-order valence-corrected chi connectivity index (χ4v) is 1.57. The molecule has 2 N–H and O–H groups in total. The number of anilines is 2. The highest BCUT2D eigenvalue weighted by atomic mass is 19.4. The number of methoxy groups -OCH3 is 1. The molecule has 0 aliphatic rings. The molecule has 0 aliphatic heterocycles. The monoisotopic (exact) mass is 266 g/mol. The van der Waals surface area contributed by atoms with Gasteiger partial charge in [0.25, 0.3) is 0 Å². The van der Waals surface area contributed by atoms with Crippen LogP contribution in [0.3, 0.4) is 0 Å². The summed E-state index contributed by atoms with van der Waals surface area (Å²) in [6.07, 6.45) is -4.36. The van der Waals surface area contributed by atoms with E-state index in [1.54, 1.807) is 6.92 Å². The first-order valence-electron chi connectivity index (χ1n) is 5.23. The lowest BCUT2D eigenvalue weighted by Crippen LogP contribution is -2.34. The van der Waals surface area contributed by atoms with E-state index in [1.165, 1.54) is 13.2 Å². The van der Waals surface area contributed by atoms with Gasteiger partial charge in [0.2, 0.25) is 0 Å². The van der Waals surface area contributed by atoms with Crippen LogP contribution in [0.1, 0.15) is 6.92 Å². The SMILES string of the molecule is CCN(CC(F)(F)F)c1cc(OC)c(F)cc1N. The summed E-state index contributed by atoms with van der Waals surface area (Å²) < 4.78 is 55.2. The van der Waals surface area contributed by atoms with Crippen LogP contribution in [0.5, 0.6) is 5.75 Å². The molecular formula is C11H14F4N2O. The van der Waals surface area contributed by atoms with E-state index >= 15 is 0 Å². The highest BCUT2D eigenvalue weighted by Gasteiger charge is 2.31. The molecule has 0 fully saturated rings. The Kier molecular flexibility index (Phi) is 4.26. The predicted octanol–water partition coefficient (Wildman–Crippen LogP) is 2.81. The topological polar surface area (TPSA) is 38.5 Å². The molecule has 0 aliphatic carbocycles. The average Bonchev–Trinajstić information content (AvgIpc) is 2.25. The zero-order valence-corrected chi connectivity index (χ0v) is 10.0. The van der Waals surface area contributed by atoms with Gasteiger partial charge in [0.15, 0.2) is 11.6 Å². The second-order valence-corrected chi connectivity index (χ2v) is 3.67. The molecule has 0 atom stereocenters. The minimum Gasteiger partial charge on any atom is -0.494 e. The zero-order valence-electron chi connectivity index (χ0n) is 10.0. The van der Waals surface area contributed by atoms with Crippen molar-refractivity contribution in [1.29, 1.82) is 0 Å². The maximum absolute atomic E-state index is 13.3. The third kappa shape index (κ3) is 3.41. The number of hydrogen-bond donors (Lipinski definition) is 1. The van der Waals surface area contributed by atoms with Gasteiger partial charge in [0.1, 0.15) is 6.54 Å². The molecule has 0 spiro atoms. The molecule has 0 unspecified atom stereocenters. The predicted molar refractivity (Wildman–Crippen MR) is 61.3 cm³/mol. The van der Waals surface area contributed by atoms with E-state index in [2.05, 4.69) is 0 Å². The van der Waals surface area contributed by atoms with Crippen molar-refractivity contribution in [3.8, 4) is 5.75 Å². The first kappa shape index (κ1) is 14.4. The molecule has 0 bridgehead atoms. The van der Waals surface area contributed by atoms with Crippen LogP contribution in [0.2, 0.25) is 0 Å². The van der Waals surface area contributed by atoms with E-state index in [0.29, 0.717) is 0 Å². The lowest BCUT2D eigenvalue weighted by atomic mass is 10.2. The number of rotatable bonds is 4. The van der Waals surface area contributed by atoms with Crippen molar-refractivity contribution in [2.75, 3.05) is 30.8 Å². The maximum atomic E-state index is 13.3. The molecule has 0 saturated carbocycles. The Labute approximate surface area is 102 Å². The largest absolute Gasteiger partial charge is 0.494 e. The molecule has 0 heterocycles. The number of ether oxygens (including phenoxy) is 1. The zero-order chi connectivity index (χ0) is 13.9. The number of benzene rings is 1. The molecule has 1 rings (SSSR count). The lowest BCUT2D eigenvalue weighted by Gasteiger charge is -2.26. The molecular weight excluding hydrogens is 252 g/mol. The van der Waals surface area contributed by atoms with E-state index < -0.39 is 18.5 Å². The van der Waals surface area contributed by atoms with Gasteiger partial charge in [-0.15, -0.1) is 0 Å². The highest BCUT2D eigenvalue weighted by molar-refractivity contribution is 5.70. The van der Waals surface area contributed by atoms with Crippen molar-refractivity contribution in [2.24, 2.45) is 0 Å². The summed E-state index contributed by atoms with van der Waals surface area (Å²) >= 11 is 0. The number of halogens is 4. The van der Waals surface area contributed by atoms with Gasteiger partial charge in [-0.25, -0.2) is 4.39 Å². The average molecular weight is 266 g/mol. The van der Waals surface area contributed by atoms with E-state index in [-0.39, 0.29) is 23.7 Å². The van der Waals surface area contributed by atoms with Gasteiger partial charge in [-0.3, -0.25) is 0 Å². The first-order valence-corrected chi connectivity index (χ1v) is 5.23. The van der Waals surface area contributed by atoms with E-state index in [0.717, 1.165) is 11.0 Å². The van der Waals surface area contributed by atoms with Crippen molar-refractivity contribution < 1.29 is 22.3 Å². The van der Waals surface area contributed by atoms with E-state index in [4.69, 9.17) is 10.5 Å². The van der Waals surface area contributed by atoms with Crippen LogP contribution in [-0.2, 0) is 0 Å². The molecule has 3 nitrogen and oxygen atoms in total. The Morgan fingerprint density at radius 1 is 1.33 bits per heavy atom. The maximum Gasteiger partial charge on any atom is 0.405 e. The summed E-state index contributed by atoms with van der Waals surface area (Å²) in [6.45, 7) is 0.502. The van der Waals surface area contributed by atoms with E-state index in [9.17, 15) is 17.6 Å². The van der Waals surface area contributed by atoms with Gasteiger partial charge in [-0.05, 0) is 6.92 Å². The first-order chi connectivity index (χ1) is 8.28. The molecule has 0 aromatic heterocycles. The van der Waals surface area contributed by atoms with Gasteiger partial charge in [0.05, 0.1) is 18.5 Å². The van der Waals surface area contributed by atoms with Crippen molar-refractivity contribution >= 4 is 11.4 Å². The minimum atomic E-state index is -4.36. The van der Waals surface area contributed by atoms with Gasteiger partial charge in [-0.1, -0.05) is 0 Å². The van der Waals surface area contributed by atoms with Crippen LogP contribution in [-0.4, -0.2) is 26.4 Å². The standard InChI is InChI=1S/C11H14F4N2O/c1-3-17(6-11(13,14)15)9-5-10(18-2)7(12)4-8(9)16/h4-5H,3,6,16H2,1-2H3. The molecule has 0 amide bonds. The highest BCUT2D eigenvalue weighted by Crippen LogP contribution is 2.32. The molecule has 7 heteroatoms. The van der Waals surface area contributed by atoms with Crippen molar-refractivity contribution in [3.05, 3.63) is 17.9 Å². The number of hydrogen-bond acceptors (Lipinski definition) is 3. The number of nitrogens with zero attached hydrogens (tertiary/aromatic N) is 1. The summed E-state index contributed by atoms with van der Waals surface area (Å²) in [5.74, 6) is -0.846. The Morgan fingerprint density at radius 3 is 2.39 bits per heavy atom. The second kappa shape index (κ2) is 5.32. The van der Waals surface area contributed by atoms with Crippen molar-refractivity contribution in [3.63, 3.8) is 0 Å². The summed E-state index contributed by atoms with van der Waals surface area (Å²) in [6, 6.07) is 2.12. The quantitative estimate of drug-likeness (QED) is 0.672. The Balaban J connectivity index is 3.13. The Hall–Kier alpha value is -1.66. The number of nitrogen functional groups attached to an aromatic ring is 1.